The summed E-state index contributed by atoms with van der Waals surface area (Å²) in [4.78, 5) is 23.7. The van der Waals surface area contributed by atoms with E-state index in [1.165, 1.54) is 0 Å². The van der Waals surface area contributed by atoms with Crippen LogP contribution >= 0.6 is 0 Å². The van der Waals surface area contributed by atoms with Crippen molar-refractivity contribution in [2.75, 3.05) is 11.9 Å². The summed E-state index contributed by atoms with van der Waals surface area (Å²) in [5.41, 5.74) is 1.79. The number of hydrogen-bond donors (Lipinski definition) is 2. The van der Waals surface area contributed by atoms with Crippen LogP contribution in [0.15, 0.2) is 54.6 Å². The zero-order chi connectivity index (χ0) is 18.1. The molecule has 5 nitrogen and oxygen atoms in total. The molecule has 0 fully saturated rings. The predicted octanol–water partition coefficient (Wildman–Crippen LogP) is 3.16. The van der Waals surface area contributed by atoms with Gasteiger partial charge in [-0.2, -0.15) is 0 Å². The molecule has 0 aliphatic heterocycles. The Kier molecular flexibility index (Phi) is 7.01. The smallest absolute Gasteiger partial charge is 0.233 e. The first-order valence-electron chi connectivity index (χ1n) is 8.40. The third kappa shape index (κ3) is 7.08. The first-order chi connectivity index (χ1) is 12.0. The van der Waals surface area contributed by atoms with Crippen molar-refractivity contribution in [3.8, 4) is 5.75 Å². The Labute approximate surface area is 148 Å². The molecule has 2 aromatic carbocycles. The van der Waals surface area contributed by atoms with Crippen LogP contribution < -0.4 is 15.4 Å². The molecule has 0 saturated carbocycles. The molecule has 0 saturated heterocycles. The first kappa shape index (κ1) is 18.5. The van der Waals surface area contributed by atoms with Gasteiger partial charge in [0.2, 0.25) is 11.8 Å². The highest BCUT2D eigenvalue weighted by Gasteiger charge is 2.09. The minimum Gasteiger partial charge on any atom is -0.491 e. The van der Waals surface area contributed by atoms with Crippen molar-refractivity contribution in [3.05, 3.63) is 60.2 Å². The summed E-state index contributed by atoms with van der Waals surface area (Å²) in [7, 11) is 0. The molecule has 2 rings (SSSR count). The summed E-state index contributed by atoms with van der Waals surface area (Å²) in [6.45, 7) is 4.41. The summed E-state index contributed by atoms with van der Waals surface area (Å²) >= 11 is 0. The van der Waals surface area contributed by atoms with Crippen LogP contribution in [0.5, 0.6) is 5.75 Å². The second-order valence-electron chi connectivity index (χ2n) is 6.00. The molecular weight excluding hydrogens is 316 g/mol. The Balaban J connectivity index is 1.71. The van der Waals surface area contributed by atoms with Crippen LogP contribution in [-0.2, 0) is 16.0 Å². The molecule has 0 bridgehead atoms. The maximum atomic E-state index is 11.9. The fourth-order valence-corrected chi connectivity index (χ4v) is 2.29. The number of nitrogens with one attached hydrogen (secondary N) is 2. The second kappa shape index (κ2) is 9.47. The summed E-state index contributed by atoms with van der Waals surface area (Å²) in [6.07, 6.45) is 0.643. The molecule has 2 N–H and O–H groups in total. The lowest BCUT2D eigenvalue weighted by molar-refractivity contribution is -0.126. The minimum atomic E-state index is -0.338. The number of hydrogen-bond acceptors (Lipinski definition) is 3. The predicted molar refractivity (Wildman–Crippen MR) is 98.6 cm³/mol. The lowest BCUT2D eigenvalue weighted by Crippen LogP contribution is -2.29. The molecule has 25 heavy (non-hydrogen) atoms. The van der Waals surface area contributed by atoms with E-state index in [0.717, 1.165) is 17.7 Å². The van der Waals surface area contributed by atoms with E-state index in [9.17, 15) is 9.59 Å². The van der Waals surface area contributed by atoms with E-state index in [1.807, 2.05) is 44.2 Å². The Morgan fingerprint density at radius 3 is 2.28 bits per heavy atom. The topological polar surface area (TPSA) is 67.4 Å². The van der Waals surface area contributed by atoms with Gasteiger partial charge >= 0.3 is 0 Å². The lowest BCUT2D eigenvalue weighted by atomic mass is 10.1. The third-order valence-electron chi connectivity index (χ3n) is 3.41. The summed E-state index contributed by atoms with van der Waals surface area (Å²) in [5.74, 6) is 0.120. The van der Waals surface area contributed by atoms with E-state index in [1.54, 1.807) is 24.3 Å². The van der Waals surface area contributed by atoms with Crippen LogP contribution in [0.2, 0.25) is 0 Å². The molecular formula is C20H24N2O3. The number of rotatable bonds is 8. The summed E-state index contributed by atoms with van der Waals surface area (Å²) in [5, 5.41) is 5.46. The van der Waals surface area contributed by atoms with Crippen molar-refractivity contribution in [1.29, 1.82) is 0 Å². The van der Waals surface area contributed by atoms with Gasteiger partial charge in [-0.1, -0.05) is 30.3 Å². The van der Waals surface area contributed by atoms with Crippen molar-refractivity contribution >= 4 is 17.5 Å². The van der Waals surface area contributed by atoms with Gasteiger partial charge in [-0.25, -0.2) is 0 Å². The largest absolute Gasteiger partial charge is 0.491 e. The van der Waals surface area contributed by atoms with E-state index in [-0.39, 0.29) is 24.3 Å². The number of benzene rings is 2. The van der Waals surface area contributed by atoms with Gasteiger partial charge in [0.25, 0.3) is 0 Å². The molecule has 5 heteroatoms. The zero-order valence-electron chi connectivity index (χ0n) is 14.6. The Hall–Kier alpha value is -2.82. The molecule has 0 heterocycles. The molecule has 0 radical (unpaired) electrons. The average molecular weight is 340 g/mol. The van der Waals surface area contributed by atoms with Crippen LogP contribution in [0.3, 0.4) is 0 Å². The van der Waals surface area contributed by atoms with Gasteiger partial charge in [-0.3, -0.25) is 9.59 Å². The Morgan fingerprint density at radius 2 is 1.64 bits per heavy atom. The normalized spacial score (nSPS) is 10.4. The average Bonchev–Trinajstić information content (AvgIpc) is 2.57. The van der Waals surface area contributed by atoms with Crippen molar-refractivity contribution in [2.45, 2.75) is 32.8 Å². The molecule has 0 atom stereocenters. The molecule has 0 aliphatic carbocycles. The van der Waals surface area contributed by atoms with Gasteiger partial charge in [-0.15, -0.1) is 0 Å². The molecule has 2 amide bonds. The lowest BCUT2D eigenvalue weighted by Gasteiger charge is -2.10. The molecule has 0 aliphatic rings. The number of carbonyl (C=O) groups is 2. The SMILES string of the molecule is CC(C)Oc1ccc(NC(=O)CC(=O)NCCc2ccccc2)cc1. The zero-order valence-corrected chi connectivity index (χ0v) is 14.6. The Bertz CT molecular complexity index is 682. The molecule has 2 aromatic rings. The number of anilines is 1. The van der Waals surface area contributed by atoms with Crippen molar-refractivity contribution in [3.63, 3.8) is 0 Å². The number of carbonyl (C=O) groups excluding carboxylic acids is 2. The first-order valence-corrected chi connectivity index (χ1v) is 8.40. The summed E-state index contributed by atoms with van der Waals surface area (Å²) < 4.78 is 5.54. The maximum Gasteiger partial charge on any atom is 0.233 e. The highest BCUT2D eigenvalue weighted by atomic mass is 16.5. The minimum absolute atomic E-state index is 0.0972. The Morgan fingerprint density at radius 1 is 0.960 bits per heavy atom. The van der Waals surface area contributed by atoms with Crippen LogP contribution in [-0.4, -0.2) is 24.5 Å². The second-order valence-corrected chi connectivity index (χ2v) is 6.00. The van der Waals surface area contributed by atoms with Crippen LogP contribution in [0.25, 0.3) is 0 Å². The van der Waals surface area contributed by atoms with E-state index < -0.39 is 0 Å². The van der Waals surface area contributed by atoms with Gasteiger partial charge in [0.05, 0.1) is 6.10 Å². The standard InChI is InChI=1S/C20H24N2O3/c1-15(2)25-18-10-8-17(9-11-18)22-20(24)14-19(23)21-13-12-16-6-4-3-5-7-16/h3-11,15H,12-14H2,1-2H3,(H,21,23)(H,22,24). The highest BCUT2D eigenvalue weighted by molar-refractivity contribution is 6.03. The molecule has 0 spiro atoms. The quantitative estimate of drug-likeness (QED) is 0.725. The molecule has 132 valence electrons. The highest BCUT2D eigenvalue weighted by Crippen LogP contribution is 2.17. The van der Waals surface area contributed by atoms with Gasteiger partial charge in [0, 0.05) is 12.2 Å². The van der Waals surface area contributed by atoms with Gasteiger partial charge < -0.3 is 15.4 Å². The fraction of sp³-hybridized carbons (Fsp3) is 0.300. The number of ether oxygens (including phenoxy) is 1. The van der Waals surface area contributed by atoms with Crippen molar-refractivity contribution in [1.82, 2.24) is 5.32 Å². The van der Waals surface area contributed by atoms with Crippen molar-refractivity contribution < 1.29 is 14.3 Å². The van der Waals surface area contributed by atoms with E-state index >= 15 is 0 Å². The van der Waals surface area contributed by atoms with Crippen molar-refractivity contribution in [2.24, 2.45) is 0 Å². The van der Waals surface area contributed by atoms with E-state index in [2.05, 4.69) is 10.6 Å². The van der Waals surface area contributed by atoms with Crippen LogP contribution in [0.1, 0.15) is 25.8 Å². The number of amides is 2. The van der Waals surface area contributed by atoms with E-state index in [0.29, 0.717) is 12.2 Å². The fourth-order valence-electron chi connectivity index (χ4n) is 2.29. The van der Waals surface area contributed by atoms with Crippen LogP contribution in [0, 0.1) is 0 Å². The van der Waals surface area contributed by atoms with Gasteiger partial charge in [-0.05, 0) is 50.1 Å². The van der Waals surface area contributed by atoms with Gasteiger partial charge in [0.1, 0.15) is 12.2 Å². The van der Waals surface area contributed by atoms with Crippen LogP contribution in [0.4, 0.5) is 5.69 Å². The third-order valence-corrected chi connectivity index (χ3v) is 3.41. The van der Waals surface area contributed by atoms with Gasteiger partial charge in [0.15, 0.2) is 0 Å². The monoisotopic (exact) mass is 340 g/mol. The maximum absolute atomic E-state index is 11.9. The van der Waals surface area contributed by atoms with E-state index in [4.69, 9.17) is 4.74 Å². The molecule has 0 unspecified atom stereocenters. The summed E-state index contributed by atoms with van der Waals surface area (Å²) in [6, 6.07) is 17.0. The molecule has 0 aromatic heterocycles.